The molecule has 4 nitrogen and oxygen atoms in total. The Morgan fingerprint density at radius 3 is 2.36 bits per heavy atom. The summed E-state index contributed by atoms with van der Waals surface area (Å²) < 4.78 is 3.24. The molecule has 0 saturated heterocycles. The van der Waals surface area contributed by atoms with E-state index in [0.717, 1.165) is 24.0 Å². The average molecular weight is 375 g/mol. The van der Waals surface area contributed by atoms with Crippen LogP contribution in [0.1, 0.15) is 12.8 Å². The molecule has 0 radical (unpaired) electrons. The van der Waals surface area contributed by atoms with Crippen molar-refractivity contribution in [2.75, 3.05) is 0 Å². The summed E-state index contributed by atoms with van der Waals surface area (Å²) in [6.07, 6.45) is 1.87. The third-order valence-electron chi connectivity index (χ3n) is 4.59. The van der Waals surface area contributed by atoms with E-state index in [1.165, 1.54) is 0 Å². The third kappa shape index (κ3) is 2.75. The number of aromatic nitrogens is 2. The molecule has 0 amide bonds. The van der Waals surface area contributed by atoms with Crippen LogP contribution in [0.3, 0.4) is 0 Å². The lowest BCUT2D eigenvalue weighted by Gasteiger charge is -2.16. The van der Waals surface area contributed by atoms with E-state index in [9.17, 15) is 9.90 Å². The summed E-state index contributed by atoms with van der Waals surface area (Å²) in [5, 5.41) is 11.7. The van der Waals surface area contributed by atoms with E-state index in [0.29, 0.717) is 28.7 Å². The molecule has 0 bridgehead atoms. The van der Waals surface area contributed by atoms with E-state index in [1.54, 1.807) is 15.4 Å². The van der Waals surface area contributed by atoms with Crippen molar-refractivity contribution in [1.82, 2.24) is 9.36 Å². The second kappa shape index (κ2) is 6.28. The first-order valence-corrected chi connectivity index (χ1v) is 8.90. The van der Waals surface area contributed by atoms with E-state index in [-0.39, 0.29) is 17.0 Å². The molecule has 3 aromatic rings. The van der Waals surface area contributed by atoms with Gasteiger partial charge in [-0.3, -0.25) is 9.48 Å². The Bertz CT molecular complexity index is 1020. The number of rotatable bonds is 2. The highest BCUT2D eigenvalue weighted by Gasteiger charge is 2.24. The summed E-state index contributed by atoms with van der Waals surface area (Å²) in [4.78, 5) is 12.8. The van der Waals surface area contributed by atoms with Gasteiger partial charge in [0.15, 0.2) is 0 Å². The maximum absolute atomic E-state index is 12.8. The molecule has 1 aliphatic rings. The fourth-order valence-electron chi connectivity index (χ4n) is 3.35. The highest BCUT2D eigenvalue weighted by atomic mass is 35.5. The average Bonchev–Trinajstić information content (AvgIpc) is 2.87. The van der Waals surface area contributed by atoms with Crippen LogP contribution in [0.25, 0.3) is 22.3 Å². The zero-order valence-corrected chi connectivity index (χ0v) is 14.9. The number of aromatic hydroxyl groups is 1. The molecule has 128 valence electrons. The number of nitrogens with zero attached hydrogens (tertiary/aromatic N) is 2. The van der Waals surface area contributed by atoms with E-state index < -0.39 is 0 Å². The van der Waals surface area contributed by atoms with Crippen LogP contribution in [-0.4, -0.2) is 14.5 Å². The molecule has 6 heteroatoms. The number of benzene rings is 2. The molecule has 0 fully saturated rings. The van der Waals surface area contributed by atoms with Crippen molar-refractivity contribution in [3.8, 4) is 28.1 Å². The normalized spacial score (nSPS) is 13.7. The SMILES string of the molecule is O=c1c(-c2cc(-c3cccc(Cl)c3)ccc2Cl)c(O)n2n1CCCC2. The minimum Gasteiger partial charge on any atom is -0.493 e. The number of hydrogen-bond acceptors (Lipinski definition) is 2. The molecule has 4 rings (SSSR count). The van der Waals surface area contributed by atoms with E-state index in [4.69, 9.17) is 23.2 Å². The zero-order chi connectivity index (χ0) is 17.6. The van der Waals surface area contributed by atoms with Crippen LogP contribution in [0.5, 0.6) is 5.88 Å². The van der Waals surface area contributed by atoms with Crippen LogP contribution in [0, 0.1) is 0 Å². The van der Waals surface area contributed by atoms with Gasteiger partial charge in [0.25, 0.3) is 5.56 Å². The summed E-state index contributed by atoms with van der Waals surface area (Å²) >= 11 is 12.4. The van der Waals surface area contributed by atoms with E-state index in [1.807, 2.05) is 36.4 Å². The van der Waals surface area contributed by atoms with Crippen molar-refractivity contribution >= 4 is 23.2 Å². The van der Waals surface area contributed by atoms with Crippen LogP contribution in [0.2, 0.25) is 10.0 Å². The second-order valence-corrected chi connectivity index (χ2v) is 7.01. The molecule has 0 unspecified atom stereocenters. The number of hydrogen-bond donors (Lipinski definition) is 1. The highest BCUT2D eigenvalue weighted by molar-refractivity contribution is 6.33. The molecule has 1 aliphatic heterocycles. The van der Waals surface area contributed by atoms with Crippen LogP contribution in [0.15, 0.2) is 47.3 Å². The predicted molar refractivity (Wildman–Crippen MR) is 100 cm³/mol. The lowest BCUT2D eigenvalue weighted by molar-refractivity contribution is 0.305. The van der Waals surface area contributed by atoms with Gasteiger partial charge in [0.2, 0.25) is 5.88 Å². The van der Waals surface area contributed by atoms with Gasteiger partial charge in [-0.25, -0.2) is 4.68 Å². The first-order valence-electron chi connectivity index (χ1n) is 8.14. The van der Waals surface area contributed by atoms with Gasteiger partial charge in [0, 0.05) is 28.7 Å². The van der Waals surface area contributed by atoms with Gasteiger partial charge in [-0.2, -0.15) is 0 Å². The summed E-state index contributed by atoms with van der Waals surface area (Å²) in [6, 6.07) is 12.9. The standard InChI is InChI=1S/C19H16Cl2N2O2/c20-14-5-3-4-12(10-14)13-6-7-16(21)15(11-13)17-18(24)22-8-1-2-9-23(22)19(17)25/h3-7,10-11,24H,1-2,8-9H2. The molecule has 2 heterocycles. The molecule has 2 aromatic carbocycles. The van der Waals surface area contributed by atoms with Crippen LogP contribution < -0.4 is 5.56 Å². The number of halogens is 2. The fourth-order valence-corrected chi connectivity index (χ4v) is 3.75. The number of fused-ring (bicyclic) bond motifs is 1. The Balaban J connectivity index is 1.91. The van der Waals surface area contributed by atoms with Gasteiger partial charge in [-0.15, -0.1) is 0 Å². The fraction of sp³-hybridized carbons (Fsp3) is 0.211. The Kier molecular flexibility index (Phi) is 4.10. The van der Waals surface area contributed by atoms with Gasteiger partial charge >= 0.3 is 0 Å². The molecule has 1 N–H and O–H groups in total. The van der Waals surface area contributed by atoms with Crippen LogP contribution >= 0.6 is 23.2 Å². The maximum atomic E-state index is 12.8. The summed E-state index contributed by atoms with van der Waals surface area (Å²) in [5.74, 6) is -0.0187. The molecular formula is C19H16Cl2N2O2. The van der Waals surface area contributed by atoms with Crippen molar-refractivity contribution in [3.63, 3.8) is 0 Å². The Morgan fingerprint density at radius 1 is 0.920 bits per heavy atom. The van der Waals surface area contributed by atoms with Crippen molar-refractivity contribution in [1.29, 1.82) is 0 Å². The van der Waals surface area contributed by atoms with Gasteiger partial charge in [-0.1, -0.05) is 41.4 Å². The first-order chi connectivity index (χ1) is 12.1. The topological polar surface area (TPSA) is 47.2 Å². The van der Waals surface area contributed by atoms with Crippen molar-refractivity contribution in [2.45, 2.75) is 25.9 Å². The monoisotopic (exact) mass is 374 g/mol. The zero-order valence-electron chi connectivity index (χ0n) is 13.4. The second-order valence-electron chi connectivity index (χ2n) is 6.16. The van der Waals surface area contributed by atoms with Gasteiger partial charge in [0.1, 0.15) is 5.56 Å². The molecule has 0 atom stereocenters. The Hall–Kier alpha value is -2.17. The Morgan fingerprint density at radius 2 is 1.64 bits per heavy atom. The van der Waals surface area contributed by atoms with Gasteiger partial charge in [-0.05, 0) is 48.2 Å². The van der Waals surface area contributed by atoms with Crippen molar-refractivity contribution in [2.24, 2.45) is 0 Å². The van der Waals surface area contributed by atoms with E-state index in [2.05, 4.69) is 0 Å². The third-order valence-corrected chi connectivity index (χ3v) is 5.16. The highest BCUT2D eigenvalue weighted by Crippen LogP contribution is 2.36. The molecule has 0 saturated carbocycles. The maximum Gasteiger partial charge on any atom is 0.278 e. The minimum absolute atomic E-state index is 0.0187. The summed E-state index contributed by atoms with van der Waals surface area (Å²) in [7, 11) is 0. The lowest BCUT2D eigenvalue weighted by Crippen LogP contribution is -2.27. The van der Waals surface area contributed by atoms with Crippen LogP contribution in [-0.2, 0) is 13.1 Å². The van der Waals surface area contributed by atoms with Gasteiger partial charge < -0.3 is 5.11 Å². The van der Waals surface area contributed by atoms with Gasteiger partial charge in [0.05, 0.1) is 0 Å². The first kappa shape index (κ1) is 16.3. The van der Waals surface area contributed by atoms with Crippen molar-refractivity contribution < 1.29 is 5.11 Å². The largest absolute Gasteiger partial charge is 0.493 e. The Labute approximate surface area is 154 Å². The van der Waals surface area contributed by atoms with Crippen LogP contribution in [0.4, 0.5) is 0 Å². The summed E-state index contributed by atoms with van der Waals surface area (Å²) in [5.41, 5.74) is 2.40. The summed E-state index contributed by atoms with van der Waals surface area (Å²) in [6.45, 7) is 1.24. The smallest absolute Gasteiger partial charge is 0.278 e. The quantitative estimate of drug-likeness (QED) is 0.700. The molecule has 0 aliphatic carbocycles. The molecule has 1 aromatic heterocycles. The van der Waals surface area contributed by atoms with E-state index >= 15 is 0 Å². The van der Waals surface area contributed by atoms with Crippen molar-refractivity contribution in [3.05, 3.63) is 62.9 Å². The lowest BCUT2D eigenvalue weighted by atomic mass is 10.0. The minimum atomic E-state index is -0.206. The molecular weight excluding hydrogens is 359 g/mol. The molecule has 0 spiro atoms. The molecule has 25 heavy (non-hydrogen) atoms. The predicted octanol–water partition coefficient (Wildman–Crippen LogP) is 4.79.